The second-order valence-corrected chi connectivity index (χ2v) is 14.2. The fraction of sp³-hybridized carbons (Fsp3) is 1.00. The van der Waals surface area contributed by atoms with Crippen LogP contribution in [-0.2, 0) is 20.2 Å². The van der Waals surface area contributed by atoms with Crippen LogP contribution in [0.4, 0.5) is 0 Å². The summed E-state index contributed by atoms with van der Waals surface area (Å²) >= 11 is 0. The summed E-state index contributed by atoms with van der Waals surface area (Å²) in [7, 11) is -10.0. The third kappa shape index (κ3) is 3.99. The van der Waals surface area contributed by atoms with E-state index in [0.29, 0.717) is 24.2 Å². The number of rotatable bonds is 5. The van der Waals surface area contributed by atoms with E-state index in [9.17, 15) is 25.9 Å². The first-order valence-corrected chi connectivity index (χ1v) is 15.0. The topological polar surface area (TPSA) is 109 Å². The minimum atomic E-state index is -5.01. The molecule has 6 nitrogen and oxygen atoms in total. The zero-order valence-electron chi connectivity index (χ0n) is 17.9. The van der Waals surface area contributed by atoms with E-state index in [-0.39, 0.29) is 18.3 Å². The van der Waals surface area contributed by atoms with E-state index in [1.165, 1.54) is 6.42 Å². The predicted octanol–water partition coefficient (Wildman–Crippen LogP) is 5.06. The number of hydrogen-bond acceptors (Lipinski definition) is 4. The zero-order chi connectivity index (χ0) is 21.6. The van der Waals surface area contributed by atoms with Crippen molar-refractivity contribution in [3.8, 4) is 0 Å². The number of hydrogen-bond donors (Lipinski definition) is 2. The molecule has 8 heteroatoms. The van der Waals surface area contributed by atoms with E-state index in [1.54, 1.807) is 0 Å². The lowest BCUT2D eigenvalue weighted by Crippen LogP contribution is -2.58. The van der Waals surface area contributed by atoms with Gasteiger partial charge in [0.15, 0.2) is 0 Å². The molecule has 4 saturated carbocycles. The Bertz CT molecular complexity index is 785. The quantitative estimate of drug-likeness (QED) is 0.553. The zero-order valence-corrected chi connectivity index (χ0v) is 19.5. The van der Waals surface area contributed by atoms with Gasteiger partial charge in [-0.25, -0.2) is 0 Å². The Morgan fingerprint density at radius 3 is 1.67 bits per heavy atom. The maximum Gasteiger partial charge on any atom is 0.288 e. The third-order valence-corrected chi connectivity index (χ3v) is 13.2. The van der Waals surface area contributed by atoms with Crippen LogP contribution < -0.4 is 0 Å². The molecule has 0 aliphatic heterocycles. The molecule has 4 fully saturated rings. The minimum Gasteiger partial charge on any atom is -0.284 e. The smallest absolute Gasteiger partial charge is 0.284 e. The summed E-state index contributed by atoms with van der Waals surface area (Å²) in [6.07, 6.45) is 13.2. The number of fused-ring (bicyclic) bond motifs is 2. The lowest BCUT2D eigenvalue weighted by molar-refractivity contribution is 0.0553. The molecule has 0 aromatic heterocycles. The molecule has 2 N–H and O–H groups in total. The Morgan fingerprint density at radius 2 is 1.07 bits per heavy atom. The van der Waals surface area contributed by atoms with Gasteiger partial charge in [-0.05, 0) is 55.3 Å². The van der Waals surface area contributed by atoms with Crippen LogP contribution in [0.25, 0.3) is 0 Å². The summed E-state index contributed by atoms with van der Waals surface area (Å²) in [5, 5.41) is 0. The monoisotopic (exact) mass is 462 g/mol. The molecule has 0 heterocycles. The molecule has 0 saturated heterocycles. The summed E-state index contributed by atoms with van der Waals surface area (Å²) in [5.74, 6) is 0.284. The fourth-order valence-electron chi connectivity index (χ4n) is 8.05. The van der Waals surface area contributed by atoms with Crippen molar-refractivity contribution in [2.75, 3.05) is 0 Å². The van der Waals surface area contributed by atoms with Crippen LogP contribution in [0, 0.1) is 35.5 Å². The van der Waals surface area contributed by atoms with Gasteiger partial charge in [-0.2, -0.15) is 16.8 Å². The molecule has 6 atom stereocenters. The Labute approximate surface area is 182 Å². The highest BCUT2D eigenvalue weighted by atomic mass is 32.3. The van der Waals surface area contributed by atoms with Gasteiger partial charge in [0.2, 0.25) is 4.08 Å². The Balaban J connectivity index is 1.76. The van der Waals surface area contributed by atoms with Gasteiger partial charge in [-0.3, -0.25) is 9.11 Å². The molecule has 6 unspecified atom stereocenters. The van der Waals surface area contributed by atoms with Crippen LogP contribution in [0.15, 0.2) is 0 Å². The molecular formula is C22H38O6S2. The third-order valence-electron chi connectivity index (χ3n) is 9.28. The molecule has 0 radical (unpaired) electrons. The standard InChI is InChI=1S/C22H38O6S2/c23-29(24,25)22(30(26,27)28,21-14-6-10-17-8-2-4-13-20(17)21)15-18-11-5-9-16-7-1-3-12-19(16)18/h16-21H,1-15H2,(H,23,24,25)(H,26,27,28). The van der Waals surface area contributed by atoms with Gasteiger partial charge in [-0.15, -0.1) is 0 Å². The van der Waals surface area contributed by atoms with Crippen LogP contribution in [-0.4, -0.2) is 30.0 Å². The van der Waals surface area contributed by atoms with Gasteiger partial charge in [0, 0.05) is 5.92 Å². The summed E-state index contributed by atoms with van der Waals surface area (Å²) < 4.78 is 70.2. The van der Waals surface area contributed by atoms with Crippen molar-refractivity contribution in [2.45, 2.75) is 100 Å². The van der Waals surface area contributed by atoms with E-state index in [0.717, 1.165) is 77.0 Å². The first-order valence-electron chi connectivity index (χ1n) is 12.1. The highest BCUT2D eigenvalue weighted by molar-refractivity contribution is 8.05. The van der Waals surface area contributed by atoms with Gasteiger partial charge in [-0.1, -0.05) is 70.6 Å². The van der Waals surface area contributed by atoms with E-state index in [4.69, 9.17) is 0 Å². The molecule has 174 valence electrons. The van der Waals surface area contributed by atoms with Crippen molar-refractivity contribution >= 4 is 20.2 Å². The predicted molar refractivity (Wildman–Crippen MR) is 116 cm³/mol. The second kappa shape index (κ2) is 8.64. The second-order valence-electron chi connectivity index (χ2n) is 10.6. The molecule has 0 spiro atoms. The summed E-state index contributed by atoms with van der Waals surface area (Å²) in [6, 6.07) is 0. The van der Waals surface area contributed by atoms with Gasteiger partial charge >= 0.3 is 0 Å². The van der Waals surface area contributed by atoms with Crippen molar-refractivity contribution in [1.82, 2.24) is 0 Å². The normalized spacial score (nSPS) is 38.5. The van der Waals surface area contributed by atoms with Crippen molar-refractivity contribution in [2.24, 2.45) is 35.5 Å². The van der Waals surface area contributed by atoms with Crippen molar-refractivity contribution < 1.29 is 25.9 Å². The fourth-order valence-corrected chi connectivity index (χ4v) is 11.3. The van der Waals surface area contributed by atoms with Gasteiger partial charge < -0.3 is 0 Å². The maximum atomic E-state index is 12.9. The first kappa shape index (κ1) is 23.0. The van der Waals surface area contributed by atoms with Crippen LogP contribution in [0.2, 0.25) is 0 Å². The molecule has 30 heavy (non-hydrogen) atoms. The molecule has 0 aromatic rings. The van der Waals surface area contributed by atoms with E-state index < -0.39 is 30.2 Å². The minimum absolute atomic E-state index is 0.0536. The SMILES string of the molecule is O=S(=O)(O)C(CC1CCCC2CCCCC21)(C1CCCC2CCCCC21)S(=O)(=O)O. The van der Waals surface area contributed by atoms with Gasteiger partial charge in [0.25, 0.3) is 20.2 Å². The largest absolute Gasteiger partial charge is 0.288 e. The first-order chi connectivity index (χ1) is 14.1. The average molecular weight is 463 g/mol. The average Bonchev–Trinajstić information content (AvgIpc) is 2.70. The van der Waals surface area contributed by atoms with Crippen LogP contribution in [0.5, 0.6) is 0 Å². The van der Waals surface area contributed by atoms with Crippen molar-refractivity contribution in [3.05, 3.63) is 0 Å². The summed E-state index contributed by atoms with van der Waals surface area (Å²) in [5.41, 5.74) is 0. The van der Waals surface area contributed by atoms with E-state index in [1.807, 2.05) is 0 Å². The Kier molecular flexibility index (Phi) is 6.62. The van der Waals surface area contributed by atoms with Crippen LogP contribution in [0.1, 0.15) is 96.3 Å². The van der Waals surface area contributed by atoms with E-state index >= 15 is 0 Å². The summed E-state index contributed by atoms with van der Waals surface area (Å²) in [6.45, 7) is 0. The highest BCUT2D eigenvalue weighted by Gasteiger charge is 2.64. The van der Waals surface area contributed by atoms with Crippen molar-refractivity contribution in [3.63, 3.8) is 0 Å². The molecule has 0 aromatic carbocycles. The Morgan fingerprint density at radius 1 is 0.600 bits per heavy atom. The van der Waals surface area contributed by atoms with Gasteiger partial charge in [0.05, 0.1) is 0 Å². The molecule has 4 aliphatic rings. The van der Waals surface area contributed by atoms with Crippen LogP contribution in [0.3, 0.4) is 0 Å². The summed E-state index contributed by atoms with van der Waals surface area (Å²) in [4.78, 5) is 0. The Hall–Kier alpha value is -0.180. The molecular weight excluding hydrogens is 424 g/mol. The molecule has 0 bridgehead atoms. The molecule has 0 amide bonds. The maximum absolute atomic E-state index is 12.9. The van der Waals surface area contributed by atoms with Crippen molar-refractivity contribution in [1.29, 1.82) is 0 Å². The molecule has 4 rings (SSSR count). The van der Waals surface area contributed by atoms with Crippen LogP contribution >= 0.6 is 0 Å². The highest BCUT2D eigenvalue weighted by Crippen LogP contribution is 2.56. The lowest BCUT2D eigenvalue weighted by Gasteiger charge is -2.50. The van der Waals surface area contributed by atoms with E-state index in [2.05, 4.69) is 0 Å². The molecule has 4 aliphatic carbocycles. The van der Waals surface area contributed by atoms with Gasteiger partial charge in [0.1, 0.15) is 0 Å². The lowest BCUT2D eigenvalue weighted by atomic mass is 9.61.